The van der Waals surface area contributed by atoms with Crippen LogP contribution >= 0.6 is 0 Å². The number of ether oxygens (including phenoxy) is 2. The summed E-state index contributed by atoms with van der Waals surface area (Å²) in [5.74, 6) is 1.87. The Morgan fingerprint density at radius 1 is 0.714 bits per heavy atom. The van der Waals surface area contributed by atoms with Gasteiger partial charge in [-0.25, -0.2) is 0 Å². The first-order valence-electron chi connectivity index (χ1n) is 11.9. The fourth-order valence-electron chi connectivity index (χ4n) is 3.86. The number of likely N-dealkylation sites (tertiary alicyclic amines) is 1. The summed E-state index contributed by atoms with van der Waals surface area (Å²) in [5, 5.41) is 0. The Labute approximate surface area is 173 Å². The summed E-state index contributed by atoms with van der Waals surface area (Å²) in [4.78, 5) is 2.60. The summed E-state index contributed by atoms with van der Waals surface area (Å²) < 4.78 is 12.3. The minimum Gasteiger partial charge on any atom is -0.490 e. The third-order valence-corrected chi connectivity index (χ3v) is 5.62. The summed E-state index contributed by atoms with van der Waals surface area (Å²) in [5.41, 5.74) is 1.35. The molecule has 0 unspecified atom stereocenters. The highest BCUT2D eigenvalue weighted by Gasteiger charge is 2.12. The van der Waals surface area contributed by atoms with Crippen LogP contribution in [0.3, 0.4) is 0 Å². The number of hydrogen-bond donors (Lipinski definition) is 0. The van der Waals surface area contributed by atoms with Crippen molar-refractivity contribution in [2.24, 2.45) is 0 Å². The second-order valence-corrected chi connectivity index (χ2v) is 8.29. The Balaban J connectivity index is 1.92. The molecular weight excluding hydrogens is 346 g/mol. The highest BCUT2D eigenvalue weighted by molar-refractivity contribution is 5.43. The summed E-state index contributed by atoms with van der Waals surface area (Å²) in [6, 6.07) is 6.59. The van der Waals surface area contributed by atoms with Crippen molar-refractivity contribution in [3.05, 3.63) is 23.8 Å². The van der Waals surface area contributed by atoms with Crippen LogP contribution in [-0.2, 0) is 6.54 Å². The van der Waals surface area contributed by atoms with E-state index in [2.05, 4.69) is 36.9 Å². The molecule has 1 aromatic carbocycles. The van der Waals surface area contributed by atoms with Gasteiger partial charge in [-0.1, -0.05) is 71.3 Å². The van der Waals surface area contributed by atoms with Crippen LogP contribution in [0.1, 0.15) is 96.5 Å². The Morgan fingerprint density at radius 3 is 1.93 bits per heavy atom. The molecule has 1 fully saturated rings. The number of benzene rings is 1. The molecule has 0 bridgehead atoms. The molecule has 0 spiro atoms. The van der Waals surface area contributed by atoms with E-state index in [9.17, 15) is 0 Å². The molecule has 0 atom stereocenters. The van der Waals surface area contributed by atoms with Crippen LogP contribution in [0.25, 0.3) is 0 Å². The fraction of sp³-hybridized carbons (Fsp3) is 0.760. The molecule has 1 aromatic rings. The normalized spacial score (nSPS) is 15.4. The first-order chi connectivity index (χ1) is 13.8. The predicted molar refractivity (Wildman–Crippen MR) is 119 cm³/mol. The van der Waals surface area contributed by atoms with Gasteiger partial charge in [0.1, 0.15) is 0 Å². The maximum Gasteiger partial charge on any atom is 0.161 e. The van der Waals surface area contributed by atoms with Crippen molar-refractivity contribution in [1.82, 2.24) is 4.90 Å². The van der Waals surface area contributed by atoms with E-state index in [0.717, 1.165) is 44.1 Å². The van der Waals surface area contributed by atoms with E-state index < -0.39 is 0 Å². The number of unbranched alkanes of at least 4 members (excludes halogenated alkanes) is 6. The molecule has 0 aliphatic carbocycles. The second-order valence-electron chi connectivity index (χ2n) is 8.29. The van der Waals surface area contributed by atoms with Gasteiger partial charge in [0.15, 0.2) is 11.5 Å². The maximum atomic E-state index is 6.17. The van der Waals surface area contributed by atoms with E-state index in [1.165, 1.54) is 82.9 Å². The highest BCUT2D eigenvalue weighted by atomic mass is 16.5. The van der Waals surface area contributed by atoms with E-state index in [-0.39, 0.29) is 0 Å². The maximum absolute atomic E-state index is 6.17. The molecule has 28 heavy (non-hydrogen) atoms. The lowest BCUT2D eigenvalue weighted by molar-refractivity contribution is 0.255. The van der Waals surface area contributed by atoms with Gasteiger partial charge < -0.3 is 9.47 Å². The lowest BCUT2D eigenvalue weighted by atomic mass is 10.1. The average Bonchev–Trinajstić information content (AvgIpc) is 2.97. The van der Waals surface area contributed by atoms with Crippen molar-refractivity contribution >= 4 is 0 Å². The molecule has 3 nitrogen and oxygen atoms in total. The molecule has 1 aliphatic heterocycles. The lowest BCUT2D eigenvalue weighted by Crippen LogP contribution is -2.23. The Bertz CT molecular complexity index is 509. The molecule has 0 amide bonds. The average molecular weight is 390 g/mol. The Kier molecular flexibility index (Phi) is 12.1. The number of nitrogens with zero attached hydrogens (tertiary/aromatic N) is 1. The van der Waals surface area contributed by atoms with Gasteiger partial charge in [-0.15, -0.1) is 0 Å². The van der Waals surface area contributed by atoms with Crippen molar-refractivity contribution in [1.29, 1.82) is 0 Å². The summed E-state index contributed by atoms with van der Waals surface area (Å²) in [6.07, 6.45) is 15.3. The minimum atomic E-state index is 0.789. The monoisotopic (exact) mass is 389 g/mol. The molecule has 0 radical (unpaired) electrons. The molecule has 1 saturated heterocycles. The third kappa shape index (κ3) is 9.32. The molecule has 160 valence electrons. The molecule has 2 rings (SSSR count). The van der Waals surface area contributed by atoms with E-state index in [0.29, 0.717) is 0 Å². The second kappa shape index (κ2) is 14.7. The molecule has 3 heteroatoms. The van der Waals surface area contributed by atoms with Crippen LogP contribution in [-0.4, -0.2) is 31.2 Å². The smallest absolute Gasteiger partial charge is 0.161 e. The molecule has 1 heterocycles. The lowest BCUT2D eigenvalue weighted by Gasteiger charge is -2.21. The van der Waals surface area contributed by atoms with Crippen LogP contribution in [0.2, 0.25) is 0 Å². The van der Waals surface area contributed by atoms with Crippen LogP contribution in [0, 0.1) is 0 Å². The van der Waals surface area contributed by atoms with Gasteiger partial charge in [0.2, 0.25) is 0 Å². The van der Waals surface area contributed by atoms with Gasteiger partial charge in [-0.2, -0.15) is 0 Å². The molecule has 0 aromatic heterocycles. The topological polar surface area (TPSA) is 21.7 Å². The largest absolute Gasteiger partial charge is 0.490 e. The summed E-state index contributed by atoms with van der Waals surface area (Å²) >= 11 is 0. The standard InChI is InChI=1S/C25H43NO2/c1-3-5-7-13-19-27-24-16-15-23(22-26-17-11-9-10-12-18-26)21-25(24)28-20-14-8-6-4-2/h15-16,21H,3-14,17-20,22H2,1-2H3. The highest BCUT2D eigenvalue weighted by Crippen LogP contribution is 2.30. The molecule has 0 saturated carbocycles. The van der Waals surface area contributed by atoms with Crippen LogP contribution < -0.4 is 9.47 Å². The van der Waals surface area contributed by atoms with Crippen molar-refractivity contribution in [3.8, 4) is 11.5 Å². The van der Waals surface area contributed by atoms with E-state index in [1.807, 2.05) is 0 Å². The first kappa shape index (κ1) is 23.1. The summed E-state index contributed by atoms with van der Waals surface area (Å²) in [6.45, 7) is 9.55. The number of rotatable bonds is 14. The van der Waals surface area contributed by atoms with Gasteiger partial charge in [0.05, 0.1) is 13.2 Å². The third-order valence-electron chi connectivity index (χ3n) is 5.62. The molecule has 1 aliphatic rings. The first-order valence-corrected chi connectivity index (χ1v) is 11.9. The van der Waals surface area contributed by atoms with Gasteiger partial charge in [-0.3, -0.25) is 4.90 Å². The summed E-state index contributed by atoms with van der Waals surface area (Å²) in [7, 11) is 0. The molecular formula is C25H43NO2. The van der Waals surface area contributed by atoms with Gasteiger partial charge in [-0.05, 0) is 56.5 Å². The SMILES string of the molecule is CCCCCCOc1ccc(CN2CCCCCC2)cc1OCCCCCC. The van der Waals surface area contributed by atoms with Crippen molar-refractivity contribution in [3.63, 3.8) is 0 Å². The Morgan fingerprint density at radius 2 is 1.32 bits per heavy atom. The van der Waals surface area contributed by atoms with Gasteiger partial charge in [0.25, 0.3) is 0 Å². The zero-order valence-electron chi connectivity index (χ0n) is 18.5. The Hall–Kier alpha value is -1.22. The van der Waals surface area contributed by atoms with Crippen LogP contribution in [0.5, 0.6) is 11.5 Å². The van der Waals surface area contributed by atoms with Crippen molar-refractivity contribution in [2.75, 3.05) is 26.3 Å². The fourth-order valence-corrected chi connectivity index (χ4v) is 3.86. The van der Waals surface area contributed by atoms with Gasteiger partial charge in [0, 0.05) is 6.54 Å². The zero-order chi connectivity index (χ0) is 19.9. The number of hydrogen-bond acceptors (Lipinski definition) is 3. The van der Waals surface area contributed by atoms with Crippen molar-refractivity contribution in [2.45, 2.75) is 97.4 Å². The van der Waals surface area contributed by atoms with Crippen LogP contribution in [0.15, 0.2) is 18.2 Å². The predicted octanol–water partition coefficient (Wildman–Crippen LogP) is 6.98. The minimum absolute atomic E-state index is 0.789. The van der Waals surface area contributed by atoms with E-state index >= 15 is 0 Å². The van der Waals surface area contributed by atoms with E-state index in [4.69, 9.17) is 9.47 Å². The molecule has 0 N–H and O–H groups in total. The van der Waals surface area contributed by atoms with Crippen molar-refractivity contribution < 1.29 is 9.47 Å². The zero-order valence-corrected chi connectivity index (χ0v) is 18.5. The van der Waals surface area contributed by atoms with Crippen LogP contribution in [0.4, 0.5) is 0 Å². The van der Waals surface area contributed by atoms with E-state index in [1.54, 1.807) is 0 Å². The quantitative estimate of drug-likeness (QED) is 0.320. The van der Waals surface area contributed by atoms with Gasteiger partial charge >= 0.3 is 0 Å².